The van der Waals surface area contributed by atoms with Gasteiger partial charge < -0.3 is 8.94 Å². The van der Waals surface area contributed by atoms with Gasteiger partial charge in [-0.25, -0.2) is 0 Å². The molecule has 0 bridgehead atoms. The van der Waals surface area contributed by atoms with E-state index in [9.17, 15) is 0 Å². The zero-order valence-corrected chi connectivity index (χ0v) is 8.93. The highest BCUT2D eigenvalue weighted by atomic mass is 16.5. The number of furan rings is 1. The van der Waals surface area contributed by atoms with Gasteiger partial charge in [-0.2, -0.15) is 0 Å². The first-order valence-corrected chi connectivity index (χ1v) is 5.31. The van der Waals surface area contributed by atoms with Crippen LogP contribution in [0.25, 0.3) is 22.4 Å². The fourth-order valence-corrected chi connectivity index (χ4v) is 1.99. The highest BCUT2D eigenvalue weighted by Gasteiger charge is 2.15. The van der Waals surface area contributed by atoms with Crippen molar-refractivity contribution in [3.8, 4) is 11.5 Å². The van der Waals surface area contributed by atoms with E-state index in [-0.39, 0.29) is 0 Å². The second kappa shape index (κ2) is 3.52. The van der Waals surface area contributed by atoms with Crippen LogP contribution in [0.5, 0.6) is 0 Å². The second-order valence-corrected chi connectivity index (χ2v) is 3.64. The Morgan fingerprint density at radius 2 is 2.06 bits per heavy atom. The normalized spacial score (nSPS) is 11.1. The number of aryl methyl sites for hydroxylation is 1. The summed E-state index contributed by atoms with van der Waals surface area (Å²) in [7, 11) is 0. The van der Waals surface area contributed by atoms with Crippen LogP contribution in [0.15, 0.2) is 45.5 Å². The molecule has 3 aromatic rings. The summed E-state index contributed by atoms with van der Waals surface area (Å²) in [6.45, 7) is 2.11. The van der Waals surface area contributed by atoms with E-state index in [0.717, 1.165) is 28.8 Å². The first kappa shape index (κ1) is 9.21. The van der Waals surface area contributed by atoms with Crippen molar-refractivity contribution in [1.82, 2.24) is 5.16 Å². The lowest BCUT2D eigenvalue weighted by Crippen LogP contribution is -1.82. The molecule has 3 nitrogen and oxygen atoms in total. The Kier molecular flexibility index (Phi) is 2.03. The average Bonchev–Trinajstić information content (AvgIpc) is 2.95. The molecule has 0 N–H and O–H groups in total. The minimum atomic E-state index is 0.757. The molecule has 0 saturated heterocycles. The Hall–Kier alpha value is -2.03. The highest BCUT2D eigenvalue weighted by Crippen LogP contribution is 2.32. The van der Waals surface area contributed by atoms with Crippen molar-refractivity contribution in [2.75, 3.05) is 0 Å². The molecule has 2 aromatic heterocycles. The van der Waals surface area contributed by atoms with Gasteiger partial charge in [0, 0.05) is 17.0 Å². The van der Waals surface area contributed by atoms with Crippen molar-refractivity contribution in [1.29, 1.82) is 0 Å². The van der Waals surface area contributed by atoms with E-state index in [1.54, 1.807) is 6.26 Å². The Morgan fingerprint density at radius 3 is 2.81 bits per heavy atom. The van der Waals surface area contributed by atoms with Gasteiger partial charge in [0.05, 0.1) is 0 Å². The number of para-hydroxylation sites is 1. The van der Waals surface area contributed by atoms with Crippen molar-refractivity contribution < 1.29 is 8.94 Å². The molecule has 80 valence electrons. The van der Waals surface area contributed by atoms with Crippen molar-refractivity contribution >= 4 is 11.0 Å². The summed E-state index contributed by atoms with van der Waals surface area (Å²) in [4.78, 5) is 0. The van der Waals surface area contributed by atoms with Gasteiger partial charge in [-0.3, -0.25) is 0 Å². The molecule has 0 saturated carbocycles. The van der Waals surface area contributed by atoms with E-state index in [1.807, 2.05) is 24.3 Å². The largest absolute Gasteiger partial charge is 0.454 e. The number of fused-ring (bicyclic) bond motifs is 1. The van der Waals surface area contributed by atoms with E-state index in [2.05, 4.69) is 18.1 Å². The number of hydrogen-bond donors (Lipinski definition) is 0. The fourth-order valence-electron chi connectivity index (χ4n) is 1.99. The van der Waals surface area contributed by atoms with Crippen LogP contribution in [0, 0.1) is 0 Å². The number of rotatable bonds is 2. The molecule has 0 radical (unpaired) electrons. The molecular weight excluding hydrogens is 202 g/mol. The first-order chi connectivity index (χ1) is 7.90. The SMILES string of the molecule is CCc1c(-c2ccon2)oc2ccccc12. The number of benzene rings is 1. The van der Waals surface area contributed by atoms with E-state index in [4.69, 9.17) is 8.94 Å². The smallest absolute Gasteiger partial charge is 0.160 e. The molecule has 2 heterocycles. The Morgan fingerprint density at radius 1 is 1.19 bits per heavy atom. The Labute approximate surface area is 92.7 Å². The maximum absolute atomic E-state index is 5.81. The predicted octanol–water partition coefficient (Wildman–Crippen LogP) is 3.65. The van der Waals surface area contributed by atoms with Gasteiger partial charge in [0.1, 0.15) is 17.5 Å². The summed E-state index contributed by atoms with van der Waals surface area (Å²) in [5.41, 5.74) is 2.84. The van der Waals surface area contributed by atoms with Crippen LogP contribution in [0.1, 0.15) is 12.5 Å². The standard InChI is InChI=1S/C13H11NO2/c1-2-9-10-5-3-4-6-12(10)16-13(9)11-7-8-15-14-11/h3-8H,2H2,1H3. The summed E-state index contributed by atoms with van der Waals surface area (Å²) in [5, 5.41) is 5.08. The van der Waals surface area contributed by atoms with Gasteiger partial charge in [-0.05, 0) is 12.5 Å². The predicted molar refractivity (Wildman–Crippen MR) is 61.1 cm³/mol. The molecule has 0 fully saturated rings. The van der Waals surface area contributed by atoms with Crippen molar-refractivity contribution in [2.45, 2.75) is 13.3 Å². The molecule has 16 heavy (non-hydrogen) atoms. The molecule has 3 rings (SSSR count). The number of aromatic nitrogens is 1. The lowest BCUT2D eigenvalue weighted by molar-refractivity contribution is 0.420. The van der Waals surface area contributed by atoms with E-state index < -0.39 is 0 Å². The van der Waals surface area contributed by atoms with Gasteiger partial charge in [0.2, 0.25) is 0 Å². The van der Waals surface area contributed by atoms with Crippen LogP contribution in [-0.2, 0) is 6.42 Å². The monoisotopic (exact) mass is 213 g/mol. The van der Waals surface area contributed by atoms with Crippen LogP contribution in [-0.4, -0.2) is 5.16 Å². The van der Waals surface area contributed by atoms with E-state index in [1.165, 1.54) is 5.56 Å². The second-order valence-electron chi connectivity index (χ2n) is 3.64. The molecule has 0 amide bonds. The third kappa shape index (κ3) is 1.25. The molecule has 0 atom stereocenters. The van der Waals surface area contributed by atoms with E-state index in [0.29, 0.717) is 0 Å². The molecule has 0 aliphatic heterocycles. The molecular formula is C13H11NO2. The van der Waals surface area contributed by atoms with Crippen LogP contribution in [0.2, 0.25) is 0 Å². The third-order valence-corrected chi connectivity index (χ3v) is 2.72. The highest BCUT2D eigenvalue weighted by molar-refractivity contribution is 5.87. The maximum atomic E-state index is 5.81. The topological polar surface area (TPSA) is 39.2 Å². The fraction of sp³-hybridized carbons (Fsp3) is 0.154. The quantitative estimate of drug-likeness (QED) is 0.652. The van der Waals surface area contributed by atoms with Crippen LogP contribution in [0.4, 0.5) is 0 Å². The summed E-state index contributed by atoms with van der Waals surface area (Å²) in [6.07, 6.45) is 2.47. The zero-order valence-electron chi connectivity index (χ0n) is 8.93. The third-order valence-electron chi connectivity index (χ3n) is 2.72. The molecule has 0 spiro atoms. The summed E-state index contributed by atoms with van der Waals surface area (Å²) < 4.78 is 10.7. The molecule has 0 aliphatic carbocycles. The number of nitrogens with zero attached hydrogens (tertiary/aromatic N) is 1. The van der Waals surface area contributed by atoms with Crippen molar-refractivity contribution in [3.05, 3.63) is 42.2 Å². The summed E-state index contributed by atoms with van der Waals surface area (Å²) in [5.74, 6) is 0.817. The lowest BCUT2D eigenvalue weighted by atomic mass is 10.1. The lowest BCUT2D eigenvalue weighted by Gasteiger charge is -1.94. The Bertz CT molecular complexity index is 608. The van der Waals surface area contributed by atoms with Gasteiger partial charge in [0.25, 0.3) is 0 Å². The van der Waals surface area contributed by atoms with Crippen molar-refractivity contribution in [2.24, 2.45) is 0 Å². The van der Waals surface area contributed by atoms with Crippen LogP contribution in [0.3, 0.4) is 0 Å². The van der Waals surface area contributed by atoms with Gasteiger partial charge in [-0.15, -0.1) is 0 Å². The first-order valence-electron chi connectivity index (χ1n) is 5.31. The Balaban J connectivity index is 2.32. The average molecular weight is 213 g/mol. The minimum absolute atomic E-state index is 0.757. The minimum Gasteiger partial charge on any atom is -0.454 e. The van der Waals surface area contributed by atoms with Crippen LogP contribution < -0.4 is 0 Å². The van der Waals surface area contributed by atoms with Crippen molar-refractivity contribution in [3.63, 3.8) is 0 Å². The van der Waals surface area contributed by atoms with Gasteiger partial charge in [0.15, 0.2) is 5.76 Å². The molecule has 3 heteroatoms. The number of hydrogen-bond acceptors (Lipinski definition) is 3. The van der Waals surface area contributed by atoms with E-state index >= 15 is 0 Å². The zero-order chi connectivity index (χ0) is 11.0. The van der Waals surface area contributed by atoms with Crippen LogP contribution >= 0.6 is 0 Å². The maximum Gasteiger partial charge on any atom is 0.160 e. The molecule has 0 unspecified atom stereocenters. The molecule has 0 aliphatic rings. The summed E-state index contributed by atoms with van der Waals surface area (Å²) >= 11 is 0. The van der Waals surface area contributed by atoms with Gasteiger partial charge >= 0.3 is 0 Å². The summed E-state index contributed by atoms with van der Waals surface area (Å²) in [6, 6.07) is 9.84. The van der Waals surface area contributed by atoms with Gasteiger partial charge in [-0.1, -0.05) is 30.3 Å². The molecule has 1 aromatic carbocycles.